The molecule has 4 rings (SSSR count). The molecule has 3 aromatic heterocycles. The Hall–Kier alpha value is -2.67. The van der Waals surface area contributed by atoms with E-state index in [1.807, 2.05) is 34.9 Å². The van der Waals surface area contributed by atoms with Crippen molar-refractivity contribution >= 4 is 11.6 Å². The zero-order valence-electron chi connectivity index (χ0n) is 14.0. The van der Waals surface area contributed by atoms with Gasteiger partial charge < -0.3 is 9.73 Å². The molecule has 1 saturated heterocycles. The van der Waals surface area contributed by atoms with E-state index in [9.17, 15) is 4.79 Å². The first-order valence-electron chi connectivity index (χ1n) is 8.67. The quantitative estimate of drug-likeness (QED) is 0.742. The molecule has 1 N–H and O–H groups in total. The van der Waals surface area contributed by atoms with Crippen molar-refractivity contribution in [3.05, 3.63) is 53.9 Å². The molecule has 0 spiro atoms. The molecule has 7 heteroatoms. The standard InChI is InChI=1S/C18H21N5O2/c24-18(15-7-6-14(25-15)13-22-10-3-4-11-22)19-9-8-17-21-20-16-5-1-2-12-23(16)17/h1-2,5-7,12H,3-4,8-11,13H2,(H,19,24). The van der Waals surface area contributed by atoms with Crippen LogP contribution in [-0.4, -0.2) is 45.0 Å². The number of furan rings is 1. The monoisotopic (exact) mass is 339 g/mol. The van der Waals surface area contributed by atoms with Crippen LogP contribution in [0.3, 0.4) is 0 Å². The molecule has 1 fully saturated rings. The van der Waals surface area contributed by atoms with Gasteiger partial charge in [-0.25, -0.2) is 0 Å². The number of pyridine rings is 1. The lowest BCUT2D eigenvalue weighted by Gasteiger charge is -2.11. The van der Waals surface area contributed by atoms with Gasteiger partial charge in [-0.2, -0.15) is 0 Å². The van der Waals surface area contributed by atoms with Crippen LogP contribution in [0.15, 0.2) is 40.9 Å². The minimum atomic E-state index is -0.193. The lowest BCUT2D eigenvalue weighted by Crippen LogP contribution is -2.25. The summed E-state index contributed by atoms with van der Waals surface area (Å²) < 4.78 is 7.60. The Morgan fingerprint density at radius 3 is 2.92 bits per heavy atom. The third kappa shape index (κ3) is 3.56. The van der Waals surface area contributed by atoms with Crippen LogP contribution in [0.5, 0.6) is 0 Å². The Morgan fingerprint density at radius 1 is 1.16 bits per heavy atom. The molecule has 4 heterocycles. The van der Waals surface area contributed by atoms with Crippen molar-refractivity contribution in [3.8, 4) is 0 Å². The summed E-state index contributed by atoms with van der Waals surface area (Å²) in [6.07, 6.45) is 5.01. The molecule has 130 valence electrons. The van der Waals surface area contributed by atoms with Crippen molar-refractivity contribution < 1.29 is 9.21 Å². The number of amides is 1. The number of carbonyl (C=O) groups excluding carboxylic acids is 1. The van der Waals surface area contributed by atoms with Crippen molar-refractivity contribution in [3.63, 3.8) is 0 Å². The molecule has 0 aliphatic carbocycles. The summed E-state index contributed by atoms with van der Waals surface area (Å²) >= 11 is 0. The van der Waals surface area contributed by atoms with Gasteiger partial charge in [-0.05, 0) is 50.2 Å². The van der Waals surface area contributed by atoms with Gasteiger partial charge in [0.25, 0.3) is 5.91 Å². The summed E-state index contributed by atoms with van der Waals surface area (Å²) in [5.74, 6) is 1.84. The van der Waals surface area contributed by atoms with Gasteiger partial charge in [0.15, 0.2) is 11.4 Å². The summed E-state index contributed by atoms with van der Waals surface area (Å²) in [5.41, 5.74) is 0.807. The Kier molecular flexibility index (Phi) is 4.47. The maximum Gasteiger partial charge on any atom is 0.287 e. The molecule has 0 atom stereocenters. The smallest absolute Gasteiger partial charge is 0.287 e. The van der Waals surface area contributed by atoms with E-state index < -0.39 is 0 Å². The van der Waals surface area contributed by atoms with Gasteiger partial charge in [0.05, 0.1) is 6.54 Å². The van der Waals surface area contributed by atoms with Crippen molar-refractivity contribution in [1.29, 1.82) is 0 Å². The van der Waals surface area contributed by atoms with Crippen molar-refractivity contribution in [1.82, 2.24) is 24.8 Å². The number of fused-ring (bicyclic) bond motifs is 1. The fraction of sp³-hybridized carbons (Fsp3) is 0.389. The number of hydrogen-bond donors (Lipinski definition) is 1. The molecule has 0 saturated carbocycles. The fourth-order valence-electron chi connectivity index (χ4n) is 3.18. The summed E-state index contributed by atoms with van der Waals surface area (Å²) in [4.78, 5) is 14.6. The third-order valence-corrected chi connectivity index (χ3v) is 4.48. The van der Waals surface area contributed by atoms with Crippen LogP contribution in [-0.2, 0) is 13.0 Å². The Labute approximate surface area is 145 Å². The lowest BCUT2D eigenvalue weighted by atomic mass is 10.3. The molecular formula is C18H21N5O2. The summed E-state index contributed by atoms with van der Waals surface area (Å²) in [7, 11) is 0. The zero-order chi connectivity index (χ0) is 17.1. The average molecular weight is 339 g/mol. The van der Waals surface area contributed by atoms with E-state index in [1.165, 1.54) is 12.8 Å². The predicted octanol–water partition coefficient (Wildman–Crippen LogP) is 1.89. The molecule has 0 aromatic carbocycles. The first-order chi connectivity index (χ1) is 12.3. The van der Waals surface area contributed by atoms with Crippen LogP contribution in [0.2, 0.25) is 0 Å². The van der Waals surface area contributed by atoms with Crippen LogP contribution >= 0.6 is 0 Å². The van der Waals surface area contributed by atoms with Crippen LogP contribution in [0.1, 0.15) is 35.0 Å². The highest BCUT2D eigenvalue weighted by Gasteiger charge is 2.16. The first-order valence-corrected chi connectivity index (χ1v) is 8.67. The normalized spacial score (nSPS) is 15.0. The van der Waals surface area contributed by atoms with Gasteiger partial charge in [0, 0.05) is 19.2 Å². The molecule has 1 aliphatic rings. The largest absolute Gasteiger partial charge is 0.455 e. The number of carbonyl (C=O) groups is 1. The molecule has 1 aliphatic heterocycles. The molecule has 0 unspecified atom stereocenters. The van der Waals surface area contributed by atoms with Crippen LogP contribution in [0, 0.1) is 0 Å². The Balaban J connectivity index is 1.31. The van der Waals surface area contributed by atoms with E-state index in [0.29, 0.717) is 18.7 Å². The number of hydrogen-bond acceptors (Lipinski definition) is 5. The highest BCUT2D eigenvalue weighted by atomic mass is 16.4. The molecule has 0 radical (unpaired) electrons. The zero-order valence-corrected chi connectivity index (χ0v) is 14.0. The lowest BCUT2D eigenvalue weighted by molar-refractivity contribution is 0.0923. The Bertz CT molecular complexity index is 863. The second-order valence-electron chi connectivity index (χ2n) is 6.30. The van der Waals surface area contributed by atoms with Crippen molar-refractivity contribution in [2.75, 3.05) is 19.6 Å². The molecule has 25 heavy (non-hydrogen) atoms. The predicted molar refractivity (Wildman–Crippen MR) is 92.2 cm³/mol. The number of nitrogens with one attached hydrogen (secondary N) is 1. The summed E-state index contributed by atoms with van der Waals surface area (Å²) in [6, 6.07) is 9.39. The average Bonchev–Trinajstić information content (AvgIpc) is 3.37. The first kappa shape index (κ1) is 15.8. The number of likely N-dealkylation sites (tertiary alicyclic amines) is 1. The molecular weight excluding hydrogens is 318 g/mol. The number of aromatic nitrogens is 3. The minimum Gasteiger partial charge on any atom is -0.455 e. The molecule has 7 nitrogen and oxygen atoms in total. The highest BCUT2D eigenvalue weighted by molar-refractivity contribution is 5.91. The molecule has 1 amide bonds. The van der Waals surface area contributed by atoms with Crippen molar-refractivity contribution in [2.45, 2.75) is 25.8 Å². The van der Waals surface area contributed by atoms with Gasteiger partial charge in [-0.3, -0.25) is 14.1 Å². The van der Waals surface area contributed by atoms with E-state index in [-0.39, 0.29) is 5.91 Å². The van der Waals surface area contributed by atoms with Gasteiger partial charge in [0.2, 0.25) is 0 Å². The summed E-state index contributed by atoms with van der Waals surface area (Å²) in [5, 5.41) is 11.1. The second-order valence-corrected chi connectivity index (χ2v) is 6.30. The van der Waals surface area contributed by atoms with E-state index in [0.717, 1.165) is 36.9 Å². The van der Waals surface area contributed by atoms with Crippen LogP contribution < -0.4 is 5.32 Å². The van der Waals surface area contributed by atoms with E-state index in [4.69, 9.17) is 4.42 Å². The molecule has 3 aromatic rings. The topological polar surface area (TPSA) is 75.7 Å². The van der Waals surface area contributed by atoms with E-state index in [1.54, 1.807) is 6.07 Å². The van der Waals surface area contributed by atoms with E-state index >= 15 is 0 Å². The maximum atomic E-state index is 12.2. The van der Waals surface area contributed by atoms with Crippen molar-refractivity contribution in [2.24, 2.45) is 0 Å². The number of rotatable bonds is 6. The highest BCUT2D eigenvalue weighted by Crippen LogP contribution is 2.15. The molecule has 0 bridgehead atoms. The van der Waals surface area contributed by atoms with Gasteiger partial charge in [0.1, 0.15) is 11.6 Å². The van der Waals surface area contributed by atoms with Gasteiger partial charge >= 0.3 is 0 Å². The van der Waals surface area contributed by atoms with E-state index in [2.05, 4.69) is 20.4 Å². The van der Waals surface area contributed by atoms with Gasteiger partial charge in [-0.1, -0.05) is 6.07 Å². The van der Waals surface area contributed by atoms with Crippen LogP contribution in [0.25, 0.3) is 5.65 Å². The maximum absolute atomic E-state index is 12.2. The second kappa shape index (κ2) is 7.06. The SMILES string of the molecule is O=C(NCCc1nnc2ccccn12)c1ccc(CN2CCCC2)o1. The fourth-order valence-corrected chi connectivity index (χ4v) is 3.18. The summed E-state index contributed by atoms with van der Waals surface area (Å²) in [6.45, 7) is 3.47. The van der Waals surface area contributed by atoms with Crippen LogP contribution in [0.4, 0.5) is 0 Å². The Morgan fingerprint density at radius 2 is 2.04 bits per heavy atom. The third-order valence-electron chi connectivity index (χ3n) is 4.48. The number of nitrogens with zero attached hydrogens (tertiary/aromatic N) is 4. The van der Waals surface area contributed by atoms with Gasteiger partial charge in [-0.15, -0.1) is 10.2 Å². The minimum absolute atomic E-state index is 0.193.